The Balaban J connectivity index is 1.70. The van der Waals surface area contributed by atoms with Crippen molar-refractivity contribution in [1.29, 1.82) is 0 Å². The summed E-state index contributed by atoms with van der Waals surface area (Å²) >= 11 is 1.49. The lowest BCUT2D eigenvalue weighted by Crippen LogP contribution is -1.98. The van der Waals surface area contributed by atoms with Crippen LogP contribution < -0.4 is 0 Å². The molecule has 3 aromatic heterocycles. The Hall–Kier alpha value is -2.81. The van der Waals surface area contributed by atoms with Crippen LogP contribution >= 0.6 is 11.8 Å². The third-order valence-corrected chi connectivity index (χ3v) is 4.68. The maximum absolute atomic E-state index is 13.1. The fourth-order valence-electron chi connectivity index (χ4n) is 2.38. The molecular formula is C16H13FN6OS. The number of nitrogens with zero attached hydrogens (tertiary/aromatic N) is 6. The molecule has 1 atom stereocenters. The second kappa shape index (κ2) is 6.25. The molecule has 4 aromatic rings. The van der Waals surface area contributed by atoms with Crippen LogP contribution in [0.2, 0.25) is 0 Å². The van der Waals surface area contributed by atoms with Crippen LogP contribution in [0.15, 0.2) is 46.3 Å². The number of benzene rings is 1. The predicted octanol–water partition coefficient (Wildman–Crippen LogP) is 3.50. The molecule has 0 spiro atoms. The molecule has 1 unspecified atom stereocenters. The Morgan fingerprint density at radius 2 is 2.00 bits per heavy atom. The zero-order valence-electron chi connectivity index (χ0n) is 13.4. The Labute approximate surface area is 146 Å². The average molecular weight is 356 g/mol. The van der Waals surface area contributed by atoms with Gasteiger partial charge in [0, 0.05) is 0 Å². The van der Waals surface area contributed by atoms with Gasteiger partial charge in [0.15, 0.2) is 11.5 Å². The van der Waals surface area contributed by atoms with Crippen LogP contribution in [0.5, 0.6) is 0 Å². The van der Waals surface area contributed by atoms with Gasteiger partial charge >= 0.3 is 0 Å². The molecule has 3 heterocycles. The highest BCUT2D eigenvalue weighted by atomic mass is 32.2. The van der Waals surface area contributed by atoms with E-state index in [-0.39, 0.29) is 11.1 Å². The predicted molar refractivity (Wildman–Crippen MR) is 89.9 cm³/mol. The number of hydrogen-bond donors (Lipinski definition) is 0. The molecule has 0 N–H and O–H groups in total. The summed E-state index contributed by atoms with van der Waals surface area (Å²) in [6.07, 6.45) is 3.19. The van der Waals surface area contributed by atoms with Crippen LogP contribution in [0.1, 0.15) is 23.9 Å². The van der Waals surface area contributed by atoms with E-state index in [9.17, 15) is 4.39 Å². The largest absolute Gasteiger partial charge is 0.338 e. The van der Waals surface area contributed by atoms with Crippen molar-refractivity contribution in [3.8, 4) is 5.69 Å². The SMILES string of the molecule is Cc1noc(C(C)Sc2ncnc3c2cnn3-c2ccc(F)cc2)n1. The van der Waals surface area contributed by atoms with Crippen LogP contribution in [0.25, 0.3) is 16.7 Å². The molecule has 0 saturated carbocycles. The lowest BCUT2D eigenvalue weighted by atomic mass is 10.3. The minimum atomic E-state index is -0.297. The van der Waals surface area contributed by atoms with Gasteiger partial charge in [-0.3, -0.25) is 0 Å². The molecule has 0 radical (unpaired) electrons. The van der Waals surface area contributed by atoms with Crippen LogP contribution in [0, 0.1) is 12.7 Å². The first-order chi connectivity index (χ1) is 12.1. The van der Waals surface area contributed by atoms with E-state index in [0.29, 0.717) is 17.4 Å². The quantitative estimate of drug-likeness (QED) is 0.409. The van der Waals surface area contributed by atoms with Gasteiger partial charge in [-0.15, -0.1) is 0 Å². The number of hydrogen-bond acceptors (Lipinski definition) is 7. The molecule has 126 valence electrons. The summed E-state index contributed by atoms with van der Waals surface area (Å²) in [5, 5.41) is 9.69. The Kier molecular flexibility index (Phi) is 3.92. The van der Waals surface area contributed by atoms with Gasteiger partial charge in [-0.25, -0.2) is 19.0 Å². The van der Waals surface area contributed by atoms with E-state index < -0.39 is 0 Å². The van der Waals surface area contributed by atoms with Gasteiger partial charge in [0.1, 0.15) is 17.2 Å². The van der Waals surface area contributed by atoms with Gasteiger partial charge in [-0.05, 0) is 38.1 Å². The molecule has 4 rings (SSSR count). The van der Waals surface area contributed by atoms with Crippen molar-refractivity contribution < 1.29 is 8.91 Å². The summed E-state index contributed by atoms with van der Waals surface area (Å²) in [5.74, 6) is 0.842. The van der Waals surface area contributed by atoms with Crippen molar-refractivity contribution in [2.24, 2.45) is 0 Å². The summed E-state index contributed by atoms with van der Waals surface area (Å²) in [4.78, 5) is 12.9. The van der Waals surface area contributed by atoms with Crippen molar-refractivity contribution >= 4 is 22.8 Å². The van der Waals surface area contributed by atoms with E-state index in [2.05, 4.69) is 25.2 Å². The van der Waals surface area contributed by atoms with Crippen molar-refractivity contribution in [3.63, 3.8) is 0 Å². The molecule has 0 bridgehead atoms. The molecule has 9 heteroatoms. The Bertz CT molecular complexity index is 1030. The molecule has 25 heavy (non-hydrogen) atoms. The summed E-state index contributed by atoms with van der Waals surface area (Å²) in [6, 6.07) is 6.08. The minimum Gasteiger partial charge on any atom is -0.338 e. The fraction of sp³-hybridized carbons (Fsp3) is 0.188. The second-order valence-electron chi connectivity index (χ2n) is 5.39. The third-order valence-electron chi connectivity index (χ3n) is 3.58. The van der Waals surface area contributed by atoms with Crippen molar-refractivity contribution in [3.05, 3.63) is 54.3 Å². The lowest BCUT2D eigenvalue weighted by Gasteiger charge is -2.07. The van der Waals surface area contributed by atoms with Crippen molar-refractivity contribution in [2.45, 2.75) is 24.1 Å². The molecule has 0 fully saturated rings. The van der Waals surface area contributed by atoms with E-state index in [4.69, 9.17) is 4.52 Å². The highest BCUT2D eigenvalue weighted by Crippen LogP contribution is 2.36. The molecule has 0 aliphatic carbocycles. The van der Waals surface area contributed by atoms with E-state index in [1.807, 2.05) is 6.92 Å². The zero-order valence-corrected chi connectivity index (χ0v) is 14.2. The number of rotatable bonds is 4. The number of halogens is 1. The van der Waals surface area contributed by atoms with Crippen LogP contribution in [-0.4, -0.2) is 29.9 Å². The van der Waals surface area contributed by atoms with Gasteiger partial charge in [-0.2, -0.15) is 10.1 Å². The van der Waals surface area contributed by atoms with Crippen LogP contribution in [0.3, 0.4) is 0 Å². The summed E-state index contributed by atoms with van der Waals surface area (Å²) in [5.41, 5.74) is 1.38. The number of aryl methyl sites for hydroxylation is 1. The van der Waals surface area contributed by atoms with Crippen molar-refractivity contribution in [1.82, 2.24) is 29.9 Å². The maximum Gasteiger partial charge on any atom is 0.239 e. The first-order valence-electron chi connectivity index (χ1n) is 7.53. The third kappa shape index (κ3) is 2.98. The molecule has 0 aliphatic heterocycles. The summed E-state index contributed by atoms with van der Waals surface area (Å²) < 4.78 is 20.0. The van der Waals surface area contributed by atoms with Crippen molar-refractivity contribution in [2.75, 3.05) is 0 Å². The Morgan fingerprint density at radius 3 is 2.72 bits per heavy atom. The lowest BCUT2D eigenvalue weighted by molar-refractivity contribution is 0.376. The maximum atomic E-state index is 13.1. The molecule has 0 saturated heterocycles. The molecule has 0 amide bonds. The van der Waals surface area contributed by atoms with Gasteiger partial charge in [0.05, 0.1) is 22.5 Å². The van der Waals surface area contributed by atoms with E-state index in [0.717, 1.165) is 16.1 Å². The van der Waals surface area contributed by atoms with Gasteiger partial charge in [0.25, 0.3) is 0 Å². The summed E-state index contributed by atoms with van der Waals surface area (Å²) in [7, 11) is 0. The van der Waals surface area contributed by atoms with E-state index >= 15 is 0 Å². The zero-order chi connectivity index (χ0) is 17.4. The number of thioether (sulfide) groups is 1. The van der Waals surface area contributed by atoms with Crippen LogP contribution in [-0.2, 0) is 0 Å². The standard InChI is InChI=1S/C16H13FN6OS/c1-9(15-21-10(2)22-24-15)25-16-13-7-20-23(14(13)18-8-19-16)12-5-3-11(17)4-6-12/h3-9H,1-2H3. The van der Waals surface area contributed by atoms with Crippen LogP contribution in [0.4, 0.5) is 4.39 Å². The first kappa shape index (κ1) is 15.7. The molecular weight excluding hydrogens is 343 g/mol. The monoisotopic (exact) mass is 356 g/mol. The first-order valence-corrected chi connectivity index (χ1v) is 8.41. The molecule has 7 nitrogen and oxygen atoms in total. The Morgan fingerprint density at radius 1 is 1.20 bits per heavy atom. The normalized spacial score (nSPS) is 12.6. The highest BCUT2D eigenvalue weighted by molar-refractivity contribution is 7.99. The van der Waals surface area contributed by atoms with Gasteiger partial charge in [0.2, 0.25) is 5.89 Å². The van der Waals surface area contributed by atoms with E-state index in [1.165, 1.54) is 30.2 Å². The summed E-state index contributed by atoms with van der Waals surface area (Å²) in [6.45, 7) is 3.75. The smallest absolute Gasteiger partial charge is 0.239 e. The topological polar surface area (TPSA) is 82.5 Å². The highest BCUT2D eigenvalue weighted by Gasteiger charge is 2.18. The van der Waals surface area contributed by atoms with Gasteiger partial charge < -0.3 is 4.52 Å². The fourth-order valence-corrected chi connectivity index (χ4v) is 3.29. The second-order valence-corrected chi connectivity index (χ2v) is 6.72. The average Bonchev–Trinajstić information content (AvgIpc) is 3.23. The molecule has 0 aliphatic rings. The van der Waals surface area contributed by atoms with E-state index in [1.54, 1.807) is 29.9 Å². The van der Waals surface area contributed by atoms with Gasteiger partial charge in [-0.1, -0.05) is 16.9 Å². The number of fused-ring (bicyclic) bond motifs is 1. The number of aromatic nitrogens is 6. The minimum absolute atomic E-state index is 0.0616. The molecule has 1 aromatic carbocycles.